The Labute approximate surface area is 190 Å². The molecular weight excluding hydrogens is 408 g/mol. The number of hydrogen-bond acceptors (Lipinski definition) is 5. The number of hydrogen-bond donors (Lipinski definition) is 1. The molecule has 0 bridgehead atoms. The highest BCUT2D eigenvalue weighted by Gasteiger charge is 2.43. The van der Waals surface area contributed by atoms with Crippen molar-refractivity contribution in [3.05, 3.63) is 29.8 Å². The Balaban J connectivity index is 1.83. The van der Waals surface area contributed by atoms with Gasteiger partial charge in [-0.3, -0.25) is 14.4 Å². The molecule has 0 aromatic heterocycles. The predicted octanol–water partition coefficient (Wildman–Crippen LogP) is 1.49. The van der Waals surface area contributed by atoms with Gasteiger partial charge >= 0.3 is 0 Å². The van der Waals surface area contributed by atoms with E-state index in [4.69, 9.17) is 4.74 Å². The summed E-state index contributed by atoms with van der Waals surface area (Å²) in [6.45, 7) is 9.04. The van der Waals surface area contributed by atoms with E-state index in [0.29, 0.717) is 32.6 Å². The van der Waals surface area contributed by atoms with E-state index in [1.54, 1.807) is 12.0 Å². The molecule has 32 heavy (non-hydrogen) atoms. The Bertz CT molecular complexity index is 820. The van der Waals surface area contributed by atoms with E-state index >= 15 is 0 Å². The molecular formula is C24H36N4O4. The molecule has 2 unspecified atom stereocenters. The molecule has 2 aliphatic heterocycles. The van der Waals surface area contributed by atoms with Crippen molar-refractivity contribution in [2.45, 2.75) is 52.2 Å². The number of carbonyl (C=O) groups excluding carboxylic acids is 3. The minimum atomic E-state index is -0.525. The van der Waals surface area contributed by atoms with Crippen LogP contribution in [0.1, 0.15) is 39.2 Å². The van der Waals surface area contributed by atoms with E-state index in [-0.39, 0.29) is 29.7 Å². The van der Waals surface area contributed by atoms with Gasteiger partial charge in [0.1, 0.15) is 11.8 Å². The molecule has 0 radical (unpaired) electrons. The molecule has 3 amide bonds. The summed E-state index contributed by atoms with van der Waals surface area (Å²) in [7, 11) is 1.62. The van der Waals surface area contributed by atoms with Crippen LogP contribution in [0.2, 0.25) is 0 Å². The highest BCUT2D eigenvalue weighted by atomic mass is 16.5. The summed E-state index contributed by atoms with van der Waals surface area (Å²) in [5, 5.41) is 3.31. The molecule has 0 saturated carbocycles. The molecule has 2 saturated heterocycles. The van der Waals surface area contributed by atoms with Crippen LogP contribution in [0.3, 0.4) is 0 Å². The third kappa shape index (κ3) is 5.59. The number of amides is 3. The van der Waals surface area contributed by atoms with E-state index in [2.05, 4.69) is 5.32 Å². The second kappa shape index (κ2) is 10.8. The van der Waals surface area contributed by atoms with Crippen molar-refractivity contribution in [1.82, 2.24) is 20.0 Å². The topological polar surface area (TPSA) is 82.2 Å². The average Bonchev–Trinajstić information content (AvgIpc) is 3.04. The maximum Gasteiger partial charge on any atom is 0.245 e. The fraction of sp³-hybridized carbons (Fsp3) is 0.625. The first-order chi connectivity index (χ1) is 15.3. The Morgan fingerprint density at radius 2 is 2.00 bits per heavy atom. The number of ether oxygens (including phenoxy) is 1. The molecule has 3 rings (SSSR count). The zero-order valence-electron chi connectivity index (χ0n) is 19.7. The van der Waals surface area contributed by atoms with Gasteiger partial charge in [-0.1, -0.05) is 26.0 Å². The second-order valence-corrected chi connectivity index (χ2v) is 8.98. The molecule has 0 spiro atoms. The molecule has 2 aliphatic rings. The van der Waals surface area contributed by atoms with Crippen molar-refractivity contribution in [2.75, 3.05) is 39.8 Å². The van der Waals surface area contributed by atoms with Crippen LogP contribution in [0.4, 0.5) is 0 Å². The zero-order valence-corrected chi connectivity index (χ0v) is 19.7. The molecule has 2 atom stereocenters. The number of benzene rings is 1. The lowest BCUT2D eigenvalue weighted by atomic mass is 10.1. The van der Waals surface area contributed by atoms with Gasteiger partial charge in [-0.05, 0) is 37.1 Å². The Morgan fingerprint density at radius 3 is 2.69 bits per heavy atom. The van der Waals surface area contributed by atoms with Crippen molar-refractivity contribution in [3.8, 4) is 5.75 Å². The first kappa shape index (κ1) is 24.0. The van der Waals surface area contributed by atoms with Crippen LogP contribution in [-0.4, -0.2) is 84.3 Å². The Kier molecular flexibility index (Phi) is 8.12. The van der Waals surface area contributed by atoms with Crippen LogP contribution < -0.4 is 10.1 Å². The first-order valence-electron chi connectivity index (χ1n) is 11.5. The number of likely N-dealkylation sites (tertiary alicyclic amines) is 1. The van der Waals surface area contributed by atoms with Gasteiger partial charge in [-0.2, -0.15) is 0 Å². The summed E-state index contributed by atoms with van der Waals surface area (Å²) < 4.78 is 5.33. The predicted molar refractivity (Wildman–Crippen MR) is 122 cm³/mol. The van der Waals surface area contributed by atoms with Crippen molar-refractivity contribution in [1.29, 1.82) is 0 Å². The van der Waals surface area contributed by atoms with Gasteiger partial charge in [0.25, 0.3) is 0 Å². The molecule has 1 N–H and O–H groups in total. The van der Waals surface area contributed by atoms with Crippen LogP contribution in [0.5, 0.6) is 5.75 Å². The van der Waals surface area contributed by atoms with E-state index in [1.165, 1.54) is 6.92 Å². The standard InChI is InChI=1S/C24H36N4O4/c1-17(2)23(30)28(15-19-7-5-8-21(13-19)32-4)20-14-22(27(16-20)18(3)29)24(31)26-11-6-9-25-10-12-26/h5,7-8,13,17,20,22,25H,6,9-12,14-16H2,1-4H3. The smallest absolute Gasteiger partial charge is 0.245 e. The van der Waals surface area contributed by atoms with Gasteiger partial charge in [0.2, 0.25) is 17.7 Å². The number of carbonyl (C=O) groups is 3. The minimum absolute atomic E-state index is 0.00951. The quantitative estimate of drug-likeness (QED) is 0.719. The maximum atomic E-state index is 13.4. The van der Waals surface area contributed by atoms with Crippen molar-refractivity contribution in [2.24, 2.45) is 5.92 Å². The molecule has 8 heteroatoms. The fourth-order valence-electron chi connectivity index (χ4n) is 4.58. The lowest BCUT2D eigenvalue weighted by Gasteiger charge is -2.31. The van der Waals surface area contributed by atoms with Crippen molar-refractivity contribution in [3.63, 3.8) is 0 Å². The maximum absolute atomic E-state index is 13.4. The van der Waals surface area contributed by atoms with E-state index in [1.807, 2.05) is 47.9 Å². The molecule has 2 fully saturated rings. The fourth-order valence-corrected chi connectivity index (χ4v) is 4.58. The average molecular weight is 445 g/mol. The molecule has 0 aliphatic carbocycles. The van der Waals surface area contributed by atoms with E-state index in [0.717, 1.165) is 30.8 Å². The van der Waals surface area contributed by atoms with Crippen LogP contribution in [0.15, 0.2) is 24.3 Å². The van der Waals surface area contributed by atoms with Crippen molar-refractivity contribution < 1.29 is 19.1 Å². The molecule has 1 aromatic rings. The van der Waals surface area contributed by atoms with Gasteiger partial charge in [0.15, 0.2) is 0 Å². The SMILES string of the molecule is COc1cccc(CN(C(=O)C(C)C)C2CC(C(=O)N3CCCNCC3)N(C(C)=O)C2)c1. The number of nitrogens with one attached hydrogen (secondary N) is 1. The lowest BCUT2D eigenvalue weighted by Crippen LogP contribution is -2.48. The van der Waals surface area contributed by atoms with Crippen LogP contribution in [-0.2, 0) is 20.9 Å². The van der Waals surface area contributed by atoms with Gasteiger partial charge < -0.3 is 24.8 Å². The summed E-state index contributed by atoms with van der Waals surface area (Å²) in [5.74, 6) is 0.437. The Morgan fingerprint density at radius 1 is 1.22 bits per heavy atom. The molecule has 176 valence electrons. The Hall–Kier alpha value is -2.61. The first-order valence-corrected chi connectivity index (χ1v) is 11.5. The number of methoxy groups -OCH3 is 1. The summed E-state index contributed by atoms with van der Waals surface area (Å²) in [4.78, 5) is 44.3. The summed E-state index contributed by atoms with van der Waals surface area (Å²) in [6.07, 6.45) is 1.36. The van der Waals surface area contributed by atoms with Crippen LogP contribution >= 0.6 is 0 Å². The van der Waals surface area contributed by atoms with Gasteiger partial charge in [-0.25, -0.2) is 0 Å². The van der Waals surface area contributed by atoms with E-state index < -0.39 is 6.04 Å². The van der Waals surface area contributed by atoms with E-state index in [9.17, 15) is 14.4 Å². The lowest BCUT2D eigenvalue weighted by molar-refractivity contribution is -0.142. The summed E-state index contributed by atoms with van der Waals surface area (Å²) in [5.41, 5.74) is 0.959. The number of nitrogens with zero attached hydrogens (tertiary/aromatic N) is 3. The summed E-state index contributed by atoms with van der Waals surface area (Å²) in [6, 6.07) is 6.93. The van der Waals surface area contributed by atoms with Crippen molar-refractivity contribution >= 4 is 17.7 Å². The van der Waals surface area contributed by atoms with Gasteiger partial charge in [-0.15, -0.1) is 0 Å². The normalized spacial score (nSPS) is 21.4. The summed E-state index contributed by atoms with van der Waals surface area (Å²) >= 11 is 0. The largest absolute Gasteiger partial charge is 0.497 e. The molecule has 1 aromatic carbocycles. The molecule has 8 nitrogen and oxygen atoms in total. The van der Waals surface area contributed by atoms with Gasteiger partial charge in [0, 0.05) is 45.6 Å². The number of rotatable bonds is 6. The second-order valence-electron chi connectivity index (χ2n) is 8.98. The monoisotopic (exact) mass is 444 g/mol. The third-order valence-electron chi connectivity index (χ3n) is 6.33. The zero-order chi connectivity index (χ0) is 23.3. The van der Waals surface area contributed by atoms with Gasteiger partial charge in [0.05, 0.1) is 13.2 Å². The highest BCUT2D eigenvalue weighted by molar-refractivity contribution is 5.88. The molecule has 2 heterocycles. The third-order valence-corrected chi connectivity index (χ3v) is 6.33. The highest BCUT2D eigenvalue weighted by Crippen LogP contribution is 2.27. The van der Waals surface area contributed by atoms with Crippen LogP contribution in [0, 0.1) is 5.92 Å². The van der Waals surface area contributed by atoms with Crippen LogP contribution in [0.25, 0.3) is 0 Å². The minimum Gasteiger partial charge on any atom is -0.497 e.